The molecule has 0 spiro atoms. The number of carbonyl (C=O) groups is 1. The van der Waals surface area contributed by atoms with Crippen molar-refractivity contribution in [1.29, 1.82) is 0 Å². The molecule has 0 aromatic heterocycles. The molecular weight excluding hydrogens is 340 g/mol. The van der Waals surface area contributed by atoms with E-state index < -0.39 is 17.6 Å². The van der Waals surface area contributed by atoms with Gasteiger partial charge in [-0.3, -0.25) is 4.79 Å². The second-order valence-electron chi connectivity index (χ2n) is 6.69. The highest BCUT2D eigenvalue weighted by Crippen LogP contribution is 2.37. The van der Waals surface area contributed by atoms with Gasteiger partial charge in [0.2, 0.25) is 0 Å². The van der Waals surface area contributed by atoms with Gasteiger partial charge in [-0.15, -0.1) is 13.2 Å². The summed E-state index contributed by atoms with van der Waals surface area (Å²) in [7, 11) is 1.37. The van der Waals surface area contributed by atoms with Crippen LogP contribution in [0, 0.1) is 0 Å². The van der Waals surface area contributed by atoms with Crippen molar-refractivity contribution in [2.75, 3.05) is 7.11 Å². The van der Waals surface area contributed by atoms with Gasteiger partial charge in [-0.25, -0.2) is 0 Å². The maximum Gasteiger partial charge on any atom is 0.306 e. The lowest BCUT2D eigenvalue weighted by Gasteiger charge is -2.30. The second-order valence-corrected chi connectivity index (χ2v) is 6.69. The van der Waals surface area contributed by atoms with Crippen LogP contribution in [-0.4, -0.2) is 23.3 Å². The molecule has 2 aromatic rings. The third kappa shape index (κ3) is 4.54. The maximum atomic E-state index is 12.1. The fourth-order valence-electron chi connectivity index (χ4n) is 3.10. The highest BCUT2D eigenvalue weighted by molar-refractivity contribution is 5.72. The van der Waals surface area contributed by atoms with Crippen molar-refractivity contribution in [3.8, 4) is 0 Å². The molecule has 0 aliphatic heterocycles. The molecule has 0 aliphatic carbocycles. The zero-order valence-corrected chi connectivity index (χ0v) is 15.8. The van der Waals surface area contributed by atoms with Crippen molar-refractivity contribution in [2.45, 2.75) is 31.0 Å². The smallest absolute Gasteiger partial charge is 0.306 e. The minimum atomic E-state index is -0.731. The van der Waals surface area contributed by atoms with E-state index in [0.29, 0.717) is 0 Å². The normalized spacial score (nSPS) is 15.3. The summed E-state index contributed by atoms with van der Waals surface area (Å²) in [5, 5.41) is 19.8. The van der Waals surface area contributed by atoms with Crippen molar-refractivity contribution >= 4 is 5.97 Å². The Morgan fingerprint density at radius 1 is 0.963 bits per heavy atom. The quantitative estimate of drug-likeness (QED) is 0.547. The molecule has 0 bridgehead atoms. The maximum absolute atomic E-state index is 12.1. The van der Waals surface area contributed by atoms with E-state index in [1.54, 1.807) is 0 Å². The van der Waals surface area contributed by atoms with Gasteiger partial charge in [0.25, 0.3) is 0 Å². The molecule has 0 saturated carbocycles. The first-order valence-electron chi connectivity index (χ1n) is 8.74. The van der Waals surface area contributed by atoms with Gasteiger partial charge in [0.1, 0.15) is 0 Å². The topological polar surface area (TPSA) is 66.8 Å². The van der Waals surface area contributed by atoms with Crippen molar-refractivity contribution in [1.82, 2.24) is 0 Å². The molecule has 2 N–H and O–H groups in total. The summed E-state index contributed by atoms with van der Waals surface area (Å²) in [6.07, 6.45) is 1.63. The first kappa shape index (κ1) is 20.6. The molecule has 0 saturated heterocycles. The van der Waals surface area contributed by atoms with E-state index in [2.05, 4.69) is 13.2 Å². The fraction of sp³-hybridized carbons (Fsp3) is 0.261. The van der Waals surface area contributed by atoms with Gasteiger partial charge in [0.15, 0.2) is 0 Å². The molecular formula is C23H26O4. The Morgan fingerprint density at radius 2 is 1.33 bits per heavy atom. The number of aliphatic hydroxyl groups is 2. The predicted molar refractivity (Wildman–Crippen MR) is 106 cm³/mol. The van der Waals surface area contributed by atoms with E-state index in [4.69, 9.17) is 4.74 Å². The summed E-state index contributed by atoms with van der Waals surface area (Å²) in [6, 6.07) is 14.9. The number of hydrogen-bond acceptors (Lipinski definition) is 4. The first-order chi connectivity index (χ1) is 12.8. The minimum absolute atomic E-state index is 0.163. The summed E-state index contributed by atoms with van der Waals surface area (Å²) in [5.74, 6) is -0.317. The molecule has 142 valence electrons. The van der Waals surface area contributed by atoms with Crippen LogP contribution in [0.5, 0.6) is 0 Å². The van der Waals surface area contributed by atoms with E-state index in [1.807, 2.05) is 55.5 Å². The molecule has 4 heteroatoms. The first-order valence-corrected chi connectivity index (χ1v) is 8.74. The Bertz CT molecular complexity index is 733. The third-order valence-corrected chi connectivity index (χ3v) is 4.95. The fourth-order valence-corrected chi connectivity index (χ4v) is 3.10. The van der Waals surface area contributed by atoms with E-state index in [0.717, 1.165) is 22.3 Å². The predicted octanol–water partition coefficient (Wildman–Crippen LogP) is 3.99. The Labute approximate surface area is 160 Å². The average Bonchev–Trinajstić information content (AvgIpc) is 2.72. The van der Waals surface area contributed by atoms with E-state index in [9.17, 15) is 15.0 Å². The van der Waals surface area contributed by atoms with Gasteiger partial charge >= 0.3 is 5.97 Å². The summed E-state index contributed by atoms with van der Waals surface area (Å²) in [4.78, 5) is 12.1. The zero-order chi connectivity index (χ0) is 20.0. The standard InChI is InChI=1S/C23H26O4/c1-5-20(24)16-7-11-18(12-8-16)23(3,15-22(26)27-4)19-13-9-17(10-14-19)21(25)6-2/h5-14,20-21,24-25H,1-2,15H2,3-4H3. The third-order valence-electron chi connectivity index (χ3n) is 4.95. The number of hydrogen-bond donors (Lipinski definition) is 2. The van der Waals surface area contributed by atoms with Crippen LogP contribution >= 0.6 is 0 Å². The largest absolute Gasteiger partial charge is 0.469 e. The zero-order valence-electron chi connectivity index (χ0n) is 15.8. The molecule has 0 aliphatic rings. The van der Waals surface area contributed by atoms with Crippen LogP contribution in [0.3, 0.4) is 0 Å². The van der Waals surface area contributed by atoms with Crippen LogP contribution in [0.4, 0.5) is 0 Å². The van der Waals surface area contributed by atoms with Crippen molar-refractivity contribution < 1.29 is 19.7 Å². The van der Waals surface area contributed by atoms with E-state index >= 15 is 0 Å². The summed E-state index contributed by atoms with van der Waals surface area (Å²) in [5.41, 5.74) is 2.69. The number of methoxy groups -OCH3 is 1. The number of carbonyl (C=O) groups excluding carboxylic acids is 1. The van der Waals surface area contributed by atoms with Crippen LogP contribution in [0.2, 0.25) is 0 Å². The number of benzene rings is 2. The second kappa shape index (κ2) is 8.80. The number of rotatable bonds is 8. The SMILES string of the molecule is C=CC(O)c1ccc(C(C)(CC(=O)OC)c2ccc(C(O)C=C)cc2)cc1. The summed E-state index contributed by atoms with van der Waals surface area (Å²) < 4.78 is 4.90. The number of aliphatic hydroxyl groups excluding tert-OH is 2. The molecule has 0 radical (unpaired) electrons. The van der Waals surface area contributed by atoms with E-state index in [1.165, 1.54) is 19.3 Å². The minimum Gasteiger partial charge on any atom is -0.469 e. The van der Waals surface area contributed by atoms with Gasteiger partial charge in [-0.2, -0.15) is 0 Å². The number of esters is 1. The van der Waals surface area contributed by atoms with Crippen LogP contribution in [0.15, 0.2) is 73.8 Å². The Kier molecular flexibility index (Phi) is 6.72. The lowest BCUT2D eigenvalue weighted by molar-refractivity contribution is -0.141. The highest BCUT2D eigenvalue weighted by atomic mass is 16.5. The van der Waals surface area contributed by atoms with E-state index in [-0.39, 0.29) is 12.4 Å². The molecule has 2 rings (SSSR count). The van der Waals surface area contributed by atoms with Crippen molar-refractivity contribution in [2.24, 2.45) is 0 Å². The number of ether oxygens (including phenoxy) is 1. The summed E-state index contributed by atoms with van der Waals surface area (Å²) >= 11 is 0. The molecule has 0 fully saturated rings. The van der Waals surface area contributed by atoms with Crippen molar-refractivity contribution in [3.05, 3.63) is 96.1 Å². The van der Waals surface area contributed by atoms with Crippen LogP contribution in [-0.2, 0) is 14.9 Å². The van der Waals surface area contributed by atoms with Gasteiger partial charge in [0.05, 0.1) is 25.7 Å². The Morgan fingerprint density at radius 3 is 1.63 bits per heavy atom. The Hall–Kier alpha value is -2.69. The van der Waals surface area contributed by atoms with Gasteiger partial charge in [-0.1, -0.05) is 67.6 Å². The molecule has 2 atom stereocenters. The highest BCUT2D eigenvalue weighted by Gasteiger charge is 2.32. The van der Waals surface area contributed by atoms with Crippen molar-refractivity contribution in [3.63, 3.8) is 0 Å². The Balaban J connectivity index is 2.47. The molecule has 2 aromatic carbocycles. The summed E-state index contributed by atoms with van der Waals surface area (Å²) in [6.45, 7) is 9.17. The lowest BCUT2D eigenvalue weighted by atomic mass is 9.73. The molecule has 0 heterocycles. The monoisotopic (exact) mass is 366 g/mol. The average molecular weight is 366 g/mol. The van der Waals surface area contributed by atoms with Gasteiger partial charge in [0, 0.05) is 5.41 Å². The molecule has 2 unspecified atom stereocenters. The van der Waals surface area contributed by atoms with Crippen LogP contribution in [0.25, 0.3) is 0 Å². The van der Waals surface area contributed by atoms with Crippen LogP contribution in [0.1, 0.15) is 47.8 Å². The van der Waals surface area contributed by atoms with Crippen LogP contribution < -0.4 is 0 Å². The molecule has 4 nitrogen and oxygen atoms in total. The molecule has 0 amide bonds. The molecule has 27 heavy (non-hydrogen) atoms. The van der Waals surface area contributed by atoms with Gasteiger partial charge < -0.3 is 14.9 Å². The lowest BCUT2D eigenvalue weighted by Crippen LogP contribution is -2.28. The van der Waals surface area contributed by atoms with Gasteiger partial charge in [-0.05, 0) is 22.3 Å².